The van der Waals surface area contributed by atoms with Crippen LogP contribution in [0.15, 0.2) is 24.8 Å². The van der Waals surface area contributed by atoms with Gasteiger partial charge in [0.25, 0.3) is 0 Å². The first-order chi connectivity index (χ1) is 8.22. The Balaban J connectivity index is 3.02. The highest BCUT2D eigenvalue weighted by Gasteiger charge is 2.09. The summed E-state index contributed by atoms with van der Waals surface area (Å²) in [6.45, 7) is 8.49. The van der Waals surface area contributed by atoms with Crippen molar-refractivity contribution in [3.05, 3.63) is 41.5 Å². The Kier molecular flexibility index (Phi) is 5.47. The Morgan fingerprint density at radius 2 is 2.18 bits per heavy atom. The molecule has 1 aromatic rings. The van der Waals surface area contributed by atoms with E-state index in [0.717, 1.165) is 42.4 Å². The number of hydrogen-bond acceptors (Lipinski definition) is 2. The zero-order valence-electron chi connectivity index (χ0n) is 10.7. The molecule has 0 N–H and O–H groups in total. The summed E-state index contributed by atoms with van der Waals surface area (Å²) in [5.74, 6) is 0.721. The van der Waals surface area contributed by atoms with Crippen molar-refractivity contribution < 1.29 is 9.53 Å². The van der Waals surface area contributed by atoms with Crippen molar-refractivity contribution in [3.63, 3.8) is 0 Å². The Bertz CT molecular complexity index is 394. The third-order valence-corrected chi connectivity index (χ3v) is 2.57. The summed E-state index contributed by atoms with van der Waals surface area (Å²) in [6, 6.07) is 3.91. The number of rotatable bonds is 7. The molecule has 0 aliphatic carbocycles. The van der Waals surface area contributed by atoms with Gasteiger partial charge in [-0.05, 0) is 37.0 Å². The predicted molar refractivity (Wildman–Crippen MR) is 70.9 cm³/mol. The van der Waals surface area contributed by atoms with E-state index < -0.39 is 0 Å². The highest BCUT2D eigenvalue weighted by atomic mass is 16.5. The minimum atomic E-state index is 0.637. The van der Waals surface area contributed by atoms with E-state index in [1.54, 1.807) is 0 Å². The summed E-state index contributed by atoms with van der Waals surface area (Å²) >= 11 is 0. The quantitative estimate of drug-likeness (QED) is 0.407. The lowest BCUT2D eigenvalue weighted by molar-refractivity contribution is 0.111. The van der Waals surface area contributed by atoms with E-state index in [0.29, 0.717) is 12.2 Å². The molecule has 0 atom stereocenters. The maximum absolute atomic E-state index is 11.1. The highest BCUT2D eigenvalue weighted by molar-refractivity contribution is 5.80. The van der Waals surface area contributed by atoms with Crippen LogP contribution in [0.3, 0.4) is 0 Å². The van der Waals surface area contributed by atoms with Crippen molar-refractivity contribution in [2.45, 2.75) is 33.1 Å². The van der Waals surface area contributed by atoms with Crippen molar-refractivity contribution in [2.24, 2.45) is 0 Å². The van der Waals surface area contributed by atoms with Crippen LogP contribution in [0.5, 0.6) is 5.75 Å². The number of benzene rings is 1. The van der Waals surface area contributed by atoms with Gasteiger partial charge in [-0.1, -0.05) is 25.5 Å². The highest BCUT2D eigenvalue weighted by Crippen LogP contribution is 2.26. The summed E-state index contributed by atoms with van der Waals surface area (Å²) in [6.07, 6.45) is 5.50. The van der Waals surface area contributed by atoms with Gasteiger partial charge >= 0.3 is 0 Å². The summed E-state index contributed by atoms with van der Waals surface area (Å²) in [7, 11) is 0. The summed E-state index contributed by atoms with van der Waals surface area (Å²) in [4.78, 5) is 11.1. The van der Waals surface area contributed by atoms with Crippen molar-refractivity contribution in [2.75, 3.05) is 6.61 Å². The lowest BCUT2D eigenvalue weighted by Crippen LogP contribution is -2.03. The molecular weight excluding hydrogens is 212 g/mol. The third-order valence-electron chi connectivity index (χ3n) is 2.57. The van der Waals surface area contributed by atoms with Gasteiger partial charge in [-0.2, -0.15) is 0 Å². The summed E-state index contributed by atoms with van der Waals surface area (Å²) in [5, 5.41) is 0. The molecular formula is C15H20O2. The van der Waals surface area contributed by atoms with Gasteiger partial charge in [-0.25, -0.2) is 0 Å². The normalized spacial score (nSPS) is 10.0. The molecule has 17 heavy (non-hydrogen) atoms. The maximum Gasteiger partial charge on any atom is 0.153 e. The number of allylic oxidation sites excluding steroid dienone is 1. The van der Waals surface area contributed by atoms with Crippen LogP contribution in [0, 0.1) is 6.92 Å². The average Bonchev–Trinajstić information content (AvgIpc) is 2.31. The van der Waals surface area contributed by atoms with Crippen LogP contribution in [0.4, 0.5) is 0 Å². The standard InChI is InChI=1S/C15H20O2/c1-4-6-8-17-15-13(7-5-2)9-12(3)10-14(15)11-16/h5,9-11H,2,4,6-8H2,1,3H3. The number of unbranched alkanes of at least 4 members (excludes halogenated alkanes) is 1. The fraction of sp³-hybridized carbons (Fsp3) is 0.400. The molecule has 0 aromatic heterocycles. The number of hydrogen-bond donors (Lipinski definition) is 0. The Hall–Kier alpha value is -1.57. The molecule has 0 heterocycles. The van der Waals surface area contributed by atoms with Crippen LogP contribution in [0.1, 0.15) is 41.3 Å². The van der Waals surface area contributed by atoms with Gasteiger partial charge in [-0.3, -0.25) is 4.79 Å². The van der Waals surface area contributed by atoms with Gasteiger partial charge < -0.3 is 4.74 Å². The predicted octanol–water partition coefficient (Wildman–Crippen LogP) is 3.71. The molecule has 0 amide bonds. The van der Waals surface area contributed by atoms with E-state index in [-0.39, 0.29) is 0 Å². The van der Waals surface area contributed by atoms with Crippen molar-refractivity contribution in [1.29, 1.82) is 0 Å². The minimum absolute atomic E-state index is 0.637. The molecule has 0 saturated heterocycles. The Morgan fingerprint density at radius 3 is 2.76 bits per heavy atom. The molecule has 2 heteroatoms. The van der Waals surface area contributed by atoms with E-state index in [1.165, 1.54) is 0 Å². The Labute approximate surface area is 103 Å². The van der Waals surface area contributed by atoms with E-state index in [4.69, 9.17) is 4.74 Å². The molecule has 2 nitrogen and oxygen atoms in total. The van der Waals surface area contributed by atoms with Crippen LogP contribution in [0.25, 0.3) is 0 Å². The second kappa shape index (κ2) is 6.89. The summed E-state index contributed by atoms with van der Waals surface area (Å²) in [5.41, 5.74) is 2.75. The van der Waals surface area contributed by atoms with Crippen molar-refractivity contribution in [1.82, 2.24) is 0 Å². The first-order valence-electron chi connectivity index (χ1n) is 6.05. The zero-order chi connectivity index (χ0) is 12.7. The number of carbonyl (C=O) groups excluding carboxylic acids is 1. The lowest BCUT2D eigenvalue weighted by Gasteiger charge is -2.13. The van der Waals surface area contributed by atoms with Crippen LogP contribution in [0.2, 0.25) is 0 Å². The van der Waals surface area contributed by atoms with Crippen LogP contribution in [-0.2, 0) is 6.42 Å². The first-order valence-corrected chi connectivity index (χ1v) is 6.05. The van der Waals surface area contributed by atoms with E-state index in [9.17, 15) is 4.79 Å². The molecule has 0 spiro atoms. The van der Waals surface area contributed by atoms with Gasteiger partial charge in [-0.15, -0.1) is 6.58 Å². The number of aryl methyl sites for hydroxylation is 1. The lowest BCUT2D eigenvalue weighted by atomic mass is 10.0. The Morgan fingerprint density at radius 1 is 1.41 bits per heavy atom. The third kappa shape index (κ3) is 3.74. The van der Waals surface area contributed by atoms with E-state index in [2.05, 4.69) is 19.6 Å². The fourth-order valence-corrected chi connectivity index (χ4v) is 1.77. The van der Waals surface area contributed by atoms with Gasteiger partial charge in [0.2, 0.25) is 0 Å². The van der Waals surface area contributed by atoms with E-state index in [1.807, 2.05) is 19.1 Å². The first kappa shape index (κ1) is 13.5. The van der Waals surface area contributed by atoms with Crippen LogP contribution in [-0.4, -0.2) is 12.9 Å². The molecule has 92 valence electrons. The van der Waals surface area contributed by atoms with Gasteiger partial charge in [0.1, 0.15) is 5.75 Å². The second-order valence-corrected chi connectivity index (χ2v) is 4.16. The minimum Gasteiger partial charge on any atom is -0.493 e. The average molecular weight is 232 g/mol. The largest absolute Gasteiger partial charge is 0.493 e. The van der Waals surface area contributed by atoms with Gasteiger partial charge in [0.15, 0.2) is 6.29 Å². The molecule has 0 saturated carbocycles. The molecule has 0 aliphatic rings. The fourth-order valence-electron chi connectivity index (χ4n) is 1.77. The number of ether oxygens (including phenoxy) is 1. The molecule has 0 bridgehead atoms. The molecule has 1 aromatic carbocycles. The number of aldehydes is 1. The SMILES string of the molecule is C=CCc1cc(C)cc(C=O)c1OCCCC. The second-order valence-electron chi connectivity index (χ2n) is 4.16. The molecule has 1 rings (SSSR count). The summed E-state index contributed by atoms with van der Waals surface area (Å²) < 4.78 is 5.73. The molecule has 0 fully saturated rings. The van der Waals surface area contributed by atoms with Crippen molar-refractivity contribution >= 4 is 6.29 Å². The van der Waals surface area contributed by atoms with Gasteiger partial charge in [0.05, 0.1) is 12.2 Å². The molecule has 0 unspecified atom stereocenters. The zero-order valence-corrected chi connectivity index (χ0v) is 10.7. The topological polar surface area (TPSA) is 26.3 Å². The monoisotopic (exact) mass is 232 g/mol. The van der Waals surface area contributed by atoms with Crippen LogP contribution < -0.4 is 4.74 Å². The smallest absolute Gasteiger partial charge is 0.153 e. The van der Waals surface area contributed by atoms with E-state index >= 15 is 0 Å². The molecule has 0 radical (unpaired) electrons. The van der Waals surface area contributed by atoms with Crippen molar-refractivity contribution in [3.8, 4) is 5.75 Å². The maximum atomic E-state index is 11.1. The number of carbonyl (C=O) groups is 1. The molecule has 0 aliphatic heterocycles. The van der Waals surface area contributed by atoms with Gasteiger partial charge in [0, 0.05) is 0 Å². The van der Waals surface area contributed by atoms with Crippen LogP contribution >= 0.6 is 0 Å².